The Hall–Kier alpha value is -10.4. The van der Waals surface area contributed by atoms with E-state index in [-0.39, 0.29) is 110 Å². The summed E-state index contributed by atoms with van der Waals surface area (Å²) in [5, 5.41) is 13.2. The number of methoxy groups -OCH3 is 4. The Kier molecular flexibility index (Phi) is 34.4. The highest BCUT2D eigenvalue weighted by atomic mass is 79.9. The number of pyridine rings is 2. The van der Waals surface area contributed by atoms with E-state index in [4.69, 9.17) is 61.3 Å². The topological polar surface area (TPSA) is 332 Å². The maximum Gasteiger partial charge on any atom is 0.449 e. The van der Waals surface area contributed by atoms with E-state index in [0.717, 1.165) is 112 Å². The van der Waals surface area contributed by atoms with Crippen molar-refractivity contribution in [1.82, 2.24) is 15.3 Å². The first kappa shape index (κ1) is 100. The van der Waals surface area contributed by atoms with E-state index in [2.05, 4.69) is 52.8 Å². The lowest BCUT2D eigenvalue weighted by Crippen LogP contribution is -2.40. The van der Waals surface area contributed by atoms with Crippen LogP contribution in [0.5, 0.6) is 11.5 Å². The lowest BCUT2D eigenvalue weighted by molar-refractivity contribution is -0.152. The van der Waals surface area contributed by atoms with Crippen LogP contribution in [0.15, 0.2) is 92.6 Å². The third-order valence-corrected chi connectivity index (χ3v) is 23.3. The molecule has 4 aliphatic heterocycles. The molecule has 4 saturated heterocycles. The third kappa shape index (κ3) is 23.0. The summed E-state index contributed by atoms with van der Waals surface area (Å²) in [5.41, 5.74) is 13.4. The highest BCUT2D eigenvalue weighted by Gasteiger charge is 2.41. The van der Waals surface area contributed by atoms with E-state index >= 15 is 0 Å². The van der Waals surface area contributed by atoms with Crippen molar-refractivity contribution in [3.63, 3.8) is 0 Å². The number of rotatable bonds is 21. The summed E-state index contributed by atoms with van der Waals surface area (Å²) >= 11 is 3.36. The van der Waals surface area contributed by atoms with Crippen LogP contribution in [0.1, 0.15) is 183 Å². The number of halogens is 11. The summed E-state index contributed by atoms with van der Waals surface area (Å²) in [6.45, 7) is 26.4. The van der Waals surface area contributed by atoms with Gasteiger partial charge in [-0.3, -0.25) is 14.4 Å². The fraction of sp³-hybridized carbons (Fsp3) is 0.483. The molecule has 6 aromatic heterocycles. The lowest BCUT2D eigenvalue weighted by Gasteiger charge is -2.36. The molecule has 0 unspecified atom stereocenters. The van der Waals surface area contributed by atoms with Gasteiger partial charge in [0.2, 0.25) is 17.3 Å². The van der Waals surface area contributed by atoms with Gasteiger partial charge in [0.25, 0.3) is 17.0 Å². The number of hydrogen-bond acceptors (Lipinski definition) is 23. The summed E-state index contributed by atoms with van der Waals surface area (Å²) in [7, 11) is 5.55. The van der Waals surface area contributed by atoms with Crippen LogP contribution in [0.3, 0.4) is 0 Å². The molecule has 694 valence electrons. The number of alkyl halides is 9. The van der Waals surface area contributed by atoms with Crippen LogP contribution in [0.4, 0.5) is 62.3 Å². The van der Waals surface area contributed by atoms with Crippen LogP contribution in [-0.4, -0.2) is 171 Å². The molecule has 10 aromatic rings. The molecule has 0 radical (unpaired) electrons. The SMILES string of the molecule is CCN(c1cc2oc(Br)cc2c(C(=O)OC)c1C)C1CCOCC1.CCN(c1cc2oc(C(F)(F)F)cc2c(C(=O)NCc2c(OC)cc(C)[nH]c2=O)c1C)C1CCOCC1.CCN(c1cc2oc(C(F)(F)F)cc2c(C(=O)O)c1C)C1CCOCC1.CCN(c1cc2oc(C(F)(F)F)cc2c(C(=O)OC)c1C)C1CCOCC1.COc1cc(C)[nH]c(=O)c1CN.Cl. The van der Waals surface area contributed by atoms with Crippen molar-refractivity contribution in [3.8, 4) is 11.5 Å². The van der Waals surface area contributed by atoms with Gasteiger partial charge in [-0.2, -0.15) is 39.5 Å². The number of carboxylic acids is 1. The van der Waals surface area contributed by atoms with Crippen LogP contribution in [0.25, 0.3) is 43.9 Å². The number of aromatic amines is 2. The van der Waals surface area contributed by atoms with Crippen LogP contribution in [-0.2, 0) is 60.0 Å². The number of aromatic carboxylic acids is 1. The molecule has 6 N–H and O–H groups in total. The maximum atomic E-state index is 13.5. The van der Waals surface area contributed by atoms with Crippen molar-refractivity contribution in [1.29, 1.82) is 0 Å². The minimum Gasteiger partial charge on any atom is -0.496 e. The second-order valence-electron chi connectivity index (χ2n) is 30.5. The number of amides is 1. The number of nitrogens with one attached hydrogen (secondary N) is 3. The number of H-pyrrole nitrogens is 2. The molecular formula is C89H107BrClF9N8O19. The zero-order chi connectivity index (χ0) is 92.1. The van der Waals surface area contributed by atoms with Crippen molar-refractivity contribution >= 4 is 119 Å². The Balaban J connectivity index is 0.000000185. The first-order valence-electron chi connectivity index (χ1n) is 41.3. The standard InChI is InChI=1S/C26H30F3N3O5.C19H22F3NO4.C18H22BrNO4.C18H20F3NO4.C8H12N2O2.ClH/c1-5-32(16-6-8-36-9-7-16)19-12-21-17(11-22(37-21)26(27,28)29)23(15(19)3)25(34)30-13-18-20(35-4)10-14(2)31-24(18)33;1-4-23(12-5-7-26-8-6-12)14-10-15-13(9-16(27-15)19(20,21)22)17(11(14)2)18(24)25-3;1-4-20(12-5-7-23-8-6-12)14-10-15-13(9-16(19)24-15)17(11(14)2)18(21)22-3;1-3-22(11-4-6-25-7-5-11)13-9-14-12(16(10(13)2)17(23)24)8-15(26-14)18(19,20)21;1-5-3-7(12-2)6(4-9)8(11)10-5;/h10-12,16H,5-9,13H2,1-4H3,(H,30,34)(H,31,33);9-10,12H,4-8H2,1-3H3;9-10,12H,4-8H2,1-3H3;8-9,11H,3-7H2,1-2H3,(H,23,24);3H,4,9H2,1-2H3,(H,10,11);1H. The molecule has 127 heavy (non-hydrogen) atoms. The Morgan fingerprint density at radius 3 is 1.03 bits per heavy atom. The lowest BCUT2D eigenvalue weighted by atomic mass is 9.98. The van der Waals surface area contributed by atoms with Gasteiger partial charge in [-0.1, -0.05) is 0 Å². The number of aryl methyl sites for hydroxylation is 2. The summed E-state index contributed by atoms with van der Waals surface area (Å²) in [6, 6.07) is 15.2. The predicted octanol–water partition coefficient (Wildman–Crippen LogP) is 18.6. The maximum absolute atomic E-state index is 13.5. The second-order valence-corrected chi connectivity index (χ2v) is 31.2. The van der Waals surface area contributed by atoms with Crippen molar-refractivity contribution < 1.29 is 119 Å². The molecule has 1 amide bonds. The molecule has 0 atom stereocenters. The summed E-state index contributed by atoms with van der Waals surface area (Å²) in [6.07, 6.45) is -7.35. The van der Waals surface area contributed by atoms with E-state index in [0.29, 0.717) is 138 Å². The average Bonchev–Trinajstić information content (AvgIpc) is 1.68. The fourth-order valence-electron chi connectivity index (χ4n) is 16.8. The Labute approximate surface area is 740 Å². The van der Waals surface area contributed by atoms with Gasteiger partial charge in [-0.05, 0) is 195 Å². The highest BCUT2D eigenvalue weighted by Crippen LogP contribution is 2.45. The van der Waals surface area contributed by atoms with Gasteiger partial charge in [0.1, 0.15) is 33.8 Å². The number of hydrogen-bond donors (Lipinski definition) is 5. The molecule has 14 rings (SSSR count). The number of nitrogens with zero attached hydrogens (tertiary/aromatic N) is 4. The minimum absolute atomic E-state index is 0. The van der Waals surface area contributed by atoms with Gasteiger partial charge in [-0.25, -0.2) is 14.4 Å². The molecule has 0 aliphatic carbocycles. The van der Waals surface area contributed by atoms with Crippen LogP contribution in [0, 0.1) is 41.5 Å². The average molecular weight is 1880 g/mol. The summed E-state index contributed by atoms with van der Waals surface area (Å²) < 4.78 is 182. The molecule has 10 heterocycles. The summed E-state index contributed by atoms with van der Waals surface area (Å²) in [4.78, 5) is 87.6. The normalized spacial score (nSPS) is 14.9. The predicted molar refractivity (Wildman–Crippen MR) is 467 cm³/mol. The minimum atomic E-state index is -4.71. The number of benzene rings is 4. The van der Waals surface area contributed by atoms with Crippen molar-refractivity contribution in [3.05, 3.63) is 170 Å². The Morgan fingerprint density at radius 2 is 0.732 bits per heavy atom. The van der Waals surface area contributed by atoms with Crippen LogP contribution in [0.2, 0.25) is 0 Å². The number of carboxylic acid groups (broad SMARTS) is 1. The molecule has 4 aliphatic rings. The number of nitrogens with two attached hydrogens (primary N) is 1. The van der Waals surface area contributed by atoms with Crippen molar-refractivity contribution in [2.45, 2.75) is 176 Å². The molecule has 4 aromatic carbocycles. The number of carbonyl (C=O) groups excluding carboxylic acids is 3. The molecule has 27 nitrogen and oxygen atoms in total. The van der Waals surface area contributed by atoms with E-state index in [1.807, 2.05) is 44.7 Å². The van der Waals surface area contributed by atoms with E-state index < -0.39 is 59.2 Å². The van der Waals surface area contributed by atoms with E-state index in [1.165, 1.54) is 34.5 Å². The number of esters is 2. The number of furan rings is 4. The zero-order valence-corrected chi connectivity index (χ0v) is 75.4. The van der Waals surface area contributed by atoms with Crippen LogP contribution >= 0.6 is 28.3 Å². The van der Waals surface area contributed by atoms with Crippen molar-refractivity contribution in [2.75, 3.05) is 127 Å². The first-order chi connectivity index (χ1) is 59.8. The quantitative estimate of drug-likeness (QED) is 0.0329. The van der Waals surface area contributed by atoms with Gasteiger partial charge in [0.05, 0.1) is 68.4 Å². The van der Waals surface area contributed by atoms with E-state index in [1.54, 1.807) is 58.9 Å². The highest BCUT2D eigenvalue weighted by molar-refractivity contribution is 9.10. The summed E-state index contributed by atoms with van der Waals surface area (Å²) in [5.74, 6) is -5.56. The van der Waals surface area contributed by atoms with Gasteiger partial charge >= 0.3 is 36.4 Å². The van der Waals surface area contributed by atoms with Gasteiger partial charge in [0.15, 0.2) is 4.67 Å². The molecular weight excluding hydrogens is 1770 g/mol. The number of fused-ring (bicyclic) bond motifs is 4. The molecule has 4 fully saturated rings. The Bertz CT molecular complexity index is 5640. The van der Waals surface area contributed by atoms with E-state index in [9.17, 15) is 73.4 Å². The molecule has 38 heteroatoms. The molecule has 0 spiro atoms. The largest absolute Gasteiger partial charge is 0.496 e. The monoisotopic (exact) mass is 1880 g/mol. The zero-order valence-electron chi connectivity index (χ0n) is 73.0. The number of aromatic nitrogens is 2. The Morgan fingerprint density at radius 1 is 0.449 bits per heavy atom. The molecule has 0 bridgehead atoms. The van der Waals surface area contributed by atoms with Gasteiger partial charge < -0.3 is 101 Å². The first-order valence-corrected chi connectivity index (χ1v) is 42.1. The smallest absolute Gasteiger partial charge is 0.449 e. The fourth-order valence-corrected chi connectivity index (χ4v) is 17.2. The van der Waals surface area contributed by atoms with Crippen molar-refractivity contribution in [2.24, 2.45) is 5.73 Å². The van der Waals surface area contributed by atoms with Crippen LogP contribution < -0.4 is 51.2 Å². The second kappa shape index (κ2) is 43.6. The van der Waals surface area contributed by atoms with Gasteiger partial charge in [0, 0.05) is 190 Å². The number of carbonyl (C=O) groups is 4. The number of anilines is 4. The number of ether oxygens (including phenoxy) is 8. The third-order valence-electron chi connectivity index (χ3n) is 22.9. The van der Waals surface area contributed by atoms with Gasteiger partial charge in [-0.15, -0.1) is 12.4 Å². The molecule has 0 saturated carbocycles.